The van der Waals surface area contributed by atoms with Gasteiger partial charge < -0.3 is 10.1 Å². The third-order valence-corrected chi connectivity index (χ3v) is 4.24. The lowest BCUT2D eigenvalue weighted by atomic mass is 10.1. The second kappa shape index (κ2) is 7.00. The van der Waals surface area contributed by atoms with E-state index in [1.54, 1.807) is 24.3 Å². The monoisotopic (exact) mass is 331 g/mol. The average molecular weight is 331 g/mol. The van der Waals surface area contributed by atoms with Crippen molar-refractivity contribution in [3.8, 4) is 5.75 Å². The minimum Gasteiger partial charge on any atom is -0.494 e. The maximum atomic E-state index is 12.6. The Morgan fingerprint density at radius 3 is 2.62 bits per heavy atom. The molecular formula is C17H21N3O4. The second-order valence-corrected chi connectivity index (χ2v) is 5.90. The Morgan fingerprint density at radius 1 is 1.21 bits per heavy atom. The fourth-order valence-corrected chi connectivity index (χ4v) is 3.07. The second-order valence-electron chi connectivity index (χ2n) is 5.90. The Balaban J connectivity index is 1.70. The van der Waals surface area contributed by atoms with Gasteiger partial charge in [-0.05, 0) is 44.0 Å². The van der Waals surface area contributed by atoms with Gasteiger partial charge in [-0.1, -0.05) is 0 Å². The van der Waals surface area contributed by atoms with E-state index in [1.165, 1.54) is 4.90 Å². The molecule has 2 saturated heterocycles. The van der Waals surface area contributed by atoms with Gasteiger partial charge in [0.15, 0.2) is 0 Å². The van der Waals surface area contributed by atoms with Gasteiger partial charge in [0.2, 0.25) is 11.8 Å². The molecule has 128 valence electrons. The first kappa shape index (κ1) is 16.4. The predicted octanol–water partition coefficient (Wildman–Crippen LogP) is 0.585. The molecule has 2 heterocycles. The van der Waals surface area contributed by atoms with Crippen LogP contribution in [-0.4, -0.2) is 43.0 Å². The first-order valence-electron chi connectivity index (χ1n) is 8.23. The highest BCUT2D eigenvalue weighted by Crippen LogP contribution is 2.25. The molecule has 0 saturated carbocycles. The summed E-state index contributed by atoms with van der Waals surface area (Å²) in [4.78, 5) is 37.8. The molecule has 24 heavy (non-hydrogen) atoms. The van der Waals surface area contributed by atoms with Crippen LogP contribution in [0.3, 0.4) is 0 Å². The van der Waals surface area contributed by atoms with Gasteiger partial charge in [0.25, 0.3) is 5.91 Å². The zero-order valence-corrected chi connectivity index (χ0v) is 13.6. The third-order valence-electron chi connectivity index (χ3n) is 4.24. The van der Waals surface area contributed by atoms with Gasteiger partial charge in [0.05, 0.1) is 30.8 Å². The fraction of sp³-hybridized carbons (Fsp3) is 0.471. The largest absolute Gasteiger partial charge is 0.494 e. The van der Waals surface area contributed by atoms with Crippen LogP contribution >= 0.6 is 0 Å². The van der Waals surface area contributed by atoms with Crippen LogP contribution < -0.4 is 20.3 Å². The van der Waals surface area contributed by atoms with Crippen molar-refractivity contribution in [3.63, 3.8) is 0 Å². The molecule has 1 aromatic carbocycles. The minimum atomic E-state index is -0.655. The standard InChI is InChI=1S/C17H21N3O4/c1-2-24-12-7-5-11(6-8-12)20-15(21)10-14(17(20)23)19-13-4-3-9-18-16(13)22/h5-8,13-14,19H,2-4,9-10H2,1H3,(H,18,22)/t13-,14-/m0/s1. The Kier molecular flexibility index (Phi) is 4.80. The molecule has 0 aromatic heterocycles. The van der Waals surface area contributed by atoms with Crippen molar-refractivity contribution >= 4 is 23.4 Å². The molecule has 2 aliphatic rings. The van der Waals surface area contributed by atoms with Gasteiger partial charge >= 0.3 is 0 Å². The summed E-state index contributed by atoms with van der Waals surface area (Å²) in [6, 6.07) is 5.77. The number of piperidine rings is 1. The van der Waals surface area contributed by atoms with E-state index >= 15 is 0 Å². The highest BCUT2D eigenvalue weighted by molar-refractivity contribution is 6.22. The normalized spacial score (nSPS) is 24.2. The van der Waals surface area contributed by atoms with Crippen LogP contribution in [-0.2, 0) is 14.4 Å². The summed E-state index contributed by atoms with van der Waals surface area (Å²) in [6.07, 6.45) is 1.60. The predicted molar refractivity (Wildman–Crippen MR) is 87.7 cm³/mol. The van der Waals surface area contributed by atoms with Crippen molar-refractivity contribution in [1.82, 2.24) is 10.6 Å². The van der Waals surface area contributed by atoms with Crippen LogP contribution in [0, 0.1) is 0 Å². The van der Waals surface area contributed by atoms with E-state index in [2.05, 4.69) is 10.6 Å². The van der Waals surface area contributed by atoms with Gasteiger partial charge in [-0.25, -0.2) is 4.90 Å². The van der Waals surface area contributed by atoms with E-state index in [-0.39, 0.29) is 24.1 Å². The van der Waals surface area contributed by atoms with E-state index in [9.17, 15) is 14.4 Å². The van der Waals surface area contributed by atoms with Gasteiger partial charge in [0, 0.05) is 6.54 Å². The number of hydrogen-bond acceptors (Lipinski definition) is 5. The summed E-state index contributed by atoms with van der Waals surface area (Å²) >= 11 is 0. The number of nitrogens with one attached hydrogen (secondary N) is 2. The van der Waals surface area contributed by atoms with Gasteiger partial charge in [-0.3, -0.25) is 19.7 Å². The number of amides is 3. The molecule has 7 nitrogen and oxygen atoms in total. The lowest BCUT2D eigenvalue weighted by Gasteiger charge is -2.25. The van der Waals surface area contributed by atoms with Crippen molar-refractivity contribution < 1.29 is 19.1 Å². The van der Waals surface area contributed by atoms with Crippen molar-refractivity contribution in [1.29, 1.82) is 0 Å². The quantitative estimate of drug-likeness (QED) is 0.771. The maximum absolute atomic E-state index is 12.6. The lowest BCUT2D eigenvalue weighted by molar-refractivity contribution is -0.125. The van der Waals surface area contributed by atoms with E-state index < -0.39 is 12.1 Å². The number of anilines is 1. The van der Waals surface area contributed by atoms with Crippen LogP contribution in [0.25, 0.3) is 0 Å². The summed E-state index contributed by atoms with van der Waals surface area (Å²) < 4.78 is 5.37. The van der Waals surface area contributed by atoms with E-state index in [0.717, 1.165) is 6.42 Å². The Bertz CT molecular complexity index is 644. The number of carbonyl (C=O) groups excluding carboxylic acids is 3. The van der Waals surface area contributed by atoms with Gasteiger partial charge in [-0.15, -0.1) is 0 Å². The molecule has 3 amide bonds. The number of ether oxygens (including phenoxy) is 1. The molecule has 2 aliphatic heterocycles. The highest BCUT2D eigenvalue weighted by Gasteiger charge is 2.41. The summed E-state index contributed by atoms with van der Waals surface area (Å²) in [5, 5.41) is 5.80. The van der Waals surface area contributed by atoms with Crippen LogP contribution in [0.2, 0.25) is 0 Å². The number of nitrogens with zero attached hydrogens (tertiary/aromatic N) is 1. The number of hydrogen-bond donors (Lipinski definition) is 2. The zero-order valence-electron chi connectivity index (χ0n) is 13.6. The molecule has 0 unspecified atom stereocenters. The molecule has 7 heteroatoms. The SMILES string of the molecule is CCOc1ccc(N2C(=O)C[C@H](N[C@H]3CCCNC3=O)C2=O)cc1. The molecule has 3 rings (SSSR count). The van der Waals surface area contributed by atoms with Crippen LogP contribution in [0.15, 0.2) is 24.3 Å². The van der Waals surface area contributed by atoms with Gasteiger partial charge in [-0.2, -0.15) is 0 Å². The summed E-state index contributed by atoms with van der Waals surface area (Å²) in [5.74, 6) is -0.00433. The Morgan fingerprint density at radius 2 is 1.96 bits per heavy atom. The highest BCUT2D eigenvalue weighted by atomic mass is 16.5. The van der Waals surface area contributed by atoms with Crippen molar-refractivity contribution in [2.45, 2.75) is 38.3 Å². The topological polar surface area (TPSA) is 87.7 Å². The first-order chi connectivity index (χ1) is 11.6. The van der Waals surface area contributed by atoms with Crippen LogP contribution in [0.4, 0.5) is 5.69 Å². The van der Waals surface area contributed by atoms with Gasteiger partial charge in [0.1, 0.15) is 5.75 Å². The smallest absolute Gasteiger partial charge is 0.251 e. The van der Waals surface area contributed by atoms with Crippen LogP contribution in [0.5, 0.6) is 5.75 Å². The first-order valence-corrected chi connectivity index (χ1v) is 8.23. The summed E-state index contributed by atoms with van der Waals surface area (Å²) in [6.45, 7) is 3.10. The third kappa shape index (κ3) is 3.26. The number of imide groups is 1. The molecule has 2 atom stereocenters. The molecule has 0 spiro atoms. The molecule has 0 aliphatic carbocycles. The van der Waals surface area contributed by atoms with Crippen molar-refractivity contribution in [2.24, 2.45) is 0 Å². The van der Waals surface area contributed by atoms with Crippen LogP contribution in [0.1, 0.15) is 26.2 Å². The zero-order chi connectivity index (χ0) is 17.1. The fourth-order valence-electron chi connectivity index (χ4n) is 3.07. The Hall–Kier alpha value is -2.41. The molecule has 0 bridgehead atoms. The van der Waals surface area contributed by atoms with E-state index in [4.69, 9.17) is 4.74 Å². The molecule has 2 N–H and O–H groups in total. The number of carbonyl (C=O) groups is 3. The minimum absolute atomic E-state index is 0.0653. The van der Waals surface area contributed by atoms with E-state index in [0.29, 0.717) is 31.0 Å². The average Bonchev–Trinajstić information content (AvgIpc) is 2.85. The summed E-state index contributed by atoms with van der Waals surface area (Å²) in [7, 11) is 0. The lowest BCUT2D eigenvalue weighted by Crippen LogP contribution is -2.53. The van der Waals surface area contributed by atoms with Crippen molar-refractivity contribution in [3.05, 3.63) is 24.3 Å². The summed E-state index contributed by atoms with van der Waals surface area (Å²) in [5.41, 5.74) is 0.519. The molecule has 2 fully saturated rings. The molecule has 0 radical (unpaired) electrons. The van der Waals surface area contributed by atoms with Crippen molar-refractivity contribution in [2.75, 3.05) is 18.1 Å². The Labute approximate surface area is 140 Å². The molecular weight excluding hydrogens is 310 g/mol. The number of rotatable bonds is 5. The maximum Gasteiger partial charge on any atom is 0.251 e. The number of benzene rings is 1. The molecule has 1 aromatic rings. The van der Waals surface area contributed by atoms with E-state index in [1.807, 2.05) is 6.92 Å².